The third kappa shape index (κ3) is 2.38. The van der Waals surface area contributed by atoms with Crippen LogP contribution < -0.4 is 9.64 Å². The van der Waals surface area contributed by atoms with Crippen molar-refractivity contribution >= 4 is 17.5 Å². The molecule has 0 radical (unpaired) electrons. The van der Waals surface area contributed by atoms with E-state index in [0.29, 0.717) is 22.6 Å². The maximum Gasteiger partial charge on any atom is 0.266 e. The number of para-hydroxylation sites is 2. The lowest BCUT2D eigenvalue weighted by Gasteiger charge is -2.57. The van der Waals surface area contributed by atoms with Gasteiger partial charge in [0.05, 0.1) is 23.9 Å². The molecule has 0 saturated heterocycles. The minimum atomic E-state index is -0.258. The van der Waals surface area contributed by atoms with E-state index >= 15 is 0 Å². The molecule has 0 spiro atoms. The molecule has 0 atom stereocenters. The first-order valence-electron chi connectivity index (χ1n) is 10.7. The van der Waals surface area contributed by atoms with Crippen molar-refractivity contribution in [2.75, 3.05) is 12.0 Å². The lowest BCUT2D eigenvalue weighted by atomic mass is 9.48. The highest BCUT2D eigenvalue weighted by Gasteiger charge is 2.52. The Morgan fingerprint density at radius 1 is 0.862 bits per heavy atom. The van der Waals surface area contributed by atoms with Gasteiger partial charge in [-0.2, -0.15) is 0 Å². The molecule has 2 aromatic carbocycles. The van der Waals surface area contributed by atoms with Crippen molar-refractivity contribution in [1.82, 2.24) is 0 Å². The summed E-state index contributed by atoms with van der Waals surface area (Å²) in [5.41, 5.74) is 3.06. The topological polar surface area (TPSA) is 46.6 Å². The summed E-state index contributed by atoms with van der Waals surface area (Å²) in [5, 5.41) is 0. The number of imide groups is 1. The Hall–Kier alpha value is -2.62. The van der Waals surface area contributed by atoms with E-state index < -0.39 is 0 Å². The van der Waals surface area contributed by atoms with Gasteiger partial charge in [0.15, 0.2) is 0 Å². The van der Waals surface area contributed by atoms with Crippen molar-refractivity contribution in [3.8, 4) is 5.75 Å². The molecule has 7 rings (SSSR count). The molecule has 4 saturated carbocycles. The largest absolute Gasteiger partial charge is 0.495 e. The smallest absolute Gasteiger partial charge is 0.266 e. The number of fused-ring (bicyclic) bond motifs is 1. The molecule has 4 nitrogen and oxygen atoms in total. The normalized spacial score (nSPS) is 32.0. The molecule has 4 fully saturated rings. The predicted molar refractivity (Wildman–Crippen MR) is 110 cm³/mol. The first-order chi connectivity index (χ1) is 14.1. The highest BCUT2D eigenvalue weighted by Crippen LogP contribution is 2.60. The quantitative estimate of drug-likeness (QED) is 0.699. The van der Waals surface area contributed by atoms with Gasteiger partial charge in [0.1, 0.15) is 5.75 Å². The van der Waals surface area contributed by atoms with E-state index in [1.807, 2.05) is 24.3 Å². The van der Waals surface area contributed by atoms with Crippen molar-refractivity contribution < 1.29 is 14.3 Å². The minimum absolute atomic E-state index is 0.213. The van der Waals surface area contributed by atoms with Crippen LogP contribution in [-0.2, 0) is 5.41 Å². The van der Waals surface area contributed by atoms with Crippen LogP contribution in [0.3, 0.4) is 0 Å². The maximum absolute atomic E-state index is 13.3. The van der Waals surface area contributed by atoms with E-state index in [0.717, 1.165) is 17.8 Å². The number of carbonyl (C=O) groups excluding carboxylic acids is 2. The van der Waals surface area contributed by atoms with Gasteiger partial charge in [0, 0.05) is 0 Å². The number of amides is 2. The Kier molecular flexibility index (Phi) is 3.54. The Labute approximate surface area is 170 Å². The zero-order chi connectivity index (χ0) is 19.8. The second-order valence-electron chi connectivity index (χ2n) is 9.58. The molecule has 2 amide bonds. The van der Waals surface area contributed by atoms with E-state index in [1.165, 1.54) is 49.0 Å². The molecular weight excluding hydrogens is 362 g/mol. The van der Waals surface area contributed by atoms with Crippen LogP contribution in [0.15, 0.2) is 42.5 Å². The lowest BCUT2D eigenvalue weighted by Crippen LogP contribution is -2.48. The Balaban J connectivity index is 1.41. The van der Waals surface area contributed by atoms with Crippen LogP contribution in [0.2, 0.25) is 0 Å². The second-order valence-corrected chi connectivity index (χ2v) is 9.58. The number of carbonyl (C=O) groups is 2. The summed E-state index contributed by atoms with van der Waals surface area (Å²) in [6, 6.07) is 13.3. The molecule has 0 unspecified atom stereocenters. The Bertz CT molecular complexity index is 1000. The fourth-order valence-electron chi connectivity index (χ4n) is 7.07. The third-order valence-corrected chi connectivity index (χ3v) is 7.86. The summed E-state index contributed by atoms with van der Waals surface area (Å²) in [6.07, 6.45) is 7.91. The molecule has 1 aliphatic heterocycles. The van der Waals surface area contributed by atoms with E-state index in [4.69, 9.17) is 4.74 Å². The molecule has 29 heavy (non-hydrogen) atoms. The number of ether oxygens (including phenoxy) is 1. The highest BCUT2D eigenvalue weighted by atomic mass is 16.5. The summed E-state index contributed by atoms with van der Waals surface area (Å²) >= 11 is 0. The van der Waals surface area contributed by atoms with Crippen LogP contribution in [-0.4, -0.2) is 18.9 Å². The predicted octanol–water partition coefficient (Wildman–Crippen LogP) is 4.96. The Morgan fingerprint density at radius 3 is 2.14 bits per heavy atom. The summed E-state index contributed by atoms with van der Waals surface area (Å²) in [7, 11) is 1.56. The van der Waals surface area contributed by atoms with Gasteiger partial charge in [-0.3, -0.25) is 9.59 Å². The molecular formula is C25H25NO3. The number of anilines is 1. The standard InChI is InChI=1S/C25H25NO3/c1-29-22-5-3-2-4-21(22)26-23(27)19-7-6-18(11-20(19)24(26)28)25-12-15-8-16(13-25)10-17(9-15)14-25/h2-7,11,15-17H,8-10,12-14H2,1H3. The summed E-state index contributed by atoms with van der Waals surface area (Å²) in [6.45, 7) is 0. The van der Waals surface area contributed by atoms with E-state index in [9.17, 15) is 9.59 Å². The molecule has 4 bridgehead atoms. The average molecular weight is 387 g/mol. The van der Waals surface area contributed by atoms with Crippen LogP contribution in [0.1, 0.15) is 64.8 Å². The average Bonchev–Trinajstić information content (AvgIpc) is 2.97. The van der Waals surface area contributed by atoms with Gasteiger partial charge in [-0.05, 0) is 91.5 Å². The van der Waals surface area contributed by atoms with Gasteiger partial charge in [0.2, 0.25) is 0 Å². The van der Waals surface area contributed by atoms with Crippen molar-refractivity contribution in [3.63, 3.8) is 0 Å². The van der Waals surface area contributed by atoms with Crippen LogP contribution in [0.5, 0.6) is 5.75 Å². The van der Waals surface area contributed by atoms with Crippen LogP contribution in [0, 0.1) is 17.8 Å². The minimum Gasteiger partial charge on any atom is -0.495 e. The summed E-state index contributed by atoms with van der Waals surface area (Å²) in [4.78, 5) is 27.7. The van der Waals surface area contributed by atoms with Gasteiger partial charge in [-0.25, -0.2) is 4.90 Å². The molecule has 4 aliphatic carbocycles. The fourth-order valence-corrected chi connectivity index (χ4v) is 7.07. The number of hydrogen-bond donors (Lipinski definition) is 0. The second kappa shape index (κ2) is 5.94. The first kappa shape index (κ1) is 17.3. The number of benzene rings is 2. The van der Waals surface area contributed by atoms with Gasteiger partial charge in [-0.1, -0.05) is 18.2 Å². The SMILES string of the molecule is COc1ccccc1N1C(=O)c2ccc(C34CC5CC(CC(C5)C3)C4)cc2C1=O. The fraction of sp³-hybridized carbons (Fsp3) is 0.440. The van der Waals surface area contributed by atoms with Crippen LogP contribution in [0.4, 0.5) is 5.69 Å². The summed E-state index contributed by atoms with van der Waals surface area (Å²) in [5.74, 6) is 2.57. The molecule has 0 aromatic heterocycles. The molecule has 148 valence electrons. The molecule has 0 N–H and O–H groups in total. The summed E-state index contributed by atoms with van der Waals surface area (Å²) < 4.78 is 5.40. The number of rotatable bonds is 3. The highest BCUT2D eigenvalue weighted by molar-refractivity contribution is 6.34. The molecule has 4 heteroatoms. The van der Waals surface area contributed by atoms with Crippen LogP contribution >= 0.6 is 0 Å². The number of nitrogens with zero attached hydrogens (tertiary/aromatic N) is 1. The maximum atomic E-state index is 13.3. The van der Waals surface area contributed by atoms with Crippen LogP contribution in [0.25, 0.3) is 0 Å². The lowest BCUT2D eigenvalue weighted by molar-refractivity contribution is -0.00520. The zero-order valence-electron chi connectivity index (χ0n) is 16.7. The van der Waals surface area contributed by atoms with Gasteiger partial charge in [0.25, 0.3) is 11.8 Å². The van der Waals surface area contributed by atoms with Crippen molar-refractivity contribution in [3.05, 3.63) is 59.2 Å². The van der Waals surface area contributed by atoms with Crippen molar-refractivity contribution in [2.24, 2.45) is 17.8 Å². The monoisotopic (exact) mass is 387 g/mol. The molecule has 2 aromatic rings. The van der Waals surface area contributed by atoms with E-state index in [1.54, 1.807) is 19.2 Å². The number of methoxy groups -OCH3 is 1. The van der Waals surface area contributed by atoms with Crippen molar-refractivity contribution in [2.45, 2.75) is 43.9 Å². The van der Waals surface area contributed by atoms with Crippen molar-refractivity contribution in [1.29, 1.82) is 0 Å². The van der Waals surface area contributed by atoms with Gasteiger partial charge < -0.3 is 4.74 Å². The Morgan fingerprint density at radius 2 is 1.48 bits per heavy atom. The zero-order valence-corrected chi connectivity index (χ0v) is 16.7. The first-order valence-corrected chi connectivity index (χ1v) is 10.7. The van der Waals surface area contributed by atoms with Gasteiger partial charge >= 0.3 is 0 Å². The molecule has 1 heterocycles. The third-order valence-electron chi connectivity index (χ3n) is 7.86. The van der Waals surface area contributed by atoms with Gasteiger partial charge in [-0.15, -0.1) is 0 Å². The number of hydrogen-bond acceptors (Lipinski definition) is 3. The van der Waals surface area contributed by atoms with E-state index in [2.05, 4.69) is 6.07 Å². The van der Waals surface area contributed by atoms with E-state index in [-0.39, 0.29) is 17.2 Å². The molecule has 5 aliphatic rings.